The van der Waals surface area contributed by atoms with Gasteiger partial charge in [-0.25, -0.2) is 4.68 Å². The molecular weight excluding hydrogens is 250 g/mol. The number of hydrogen-bond donors (Lipinski definition) is 2. The summed E-state index contributed by atoms with van der Waals surface area (Å²) in [5.74, 6) is -0.747. The summed E-state index contributed by atoms with van der Waals surface area (Å²) in [5.41, 5.74) is 0. The lowest BCUT2D eigenvalue weighted by atomic mass is 9.94. The summed E-state index contributed by atoms with van der Waals surface area (Å²) in [6.07, 6.45) is 2.17. The zero-order chi connectivity index (χ0) is 14.3. The van der Waals surface area contributed by atoms with Crippen LogP contribution in [-0.4, -0.2) is 43.7 Å². The smallest absolute Gasteiger partial charge is 0.303 e. The number of tetrazole rings is 1. The number of nitrogens with one attached hydrogen (secondary N) is 1. The quantitative estimate of drug-likeness (QED) is 0.683. The summed E-state index contributed by atoms with van der Waals surface area (Å²) in [5, 5.41) is 22.0. The van der Waals surface area contributed by atoms with E-state index < -0.39 is 5.97 Å². The average Bonchev–Trinajstić information content (AvgIpc) is 2.77. The molecule has 1 amide bonds. The molecule has 0 aromatic carbocycles. The van der Waals surface area contributed by atoms with Crippen LogP contribution in [0.1, 0.15) is 26.7 Å². The van der Waals surface area contributed by atoms with Gasteiger partial charge in [0.15, 0.2) is 0 Å². The van der Waals surface area contributed by atoms with Gasteiger partial charge < -0.3 is 10.4 Å². The van der Waals surface area contributed by atoms with Gasteiger partial charge in [0, 0.05) is 13.0 Å². The second kappa shape index (κ2) is 7.45. The number of carboxylic acid groups (broad SMARTS) is 1. The monoisotopic (exact) mass is 269 g/mol. The minimum Gasteiger partial charge on any atom is -0.481 e. The van der Waals surface area contributed by atoms with Gasteiger partial charge in [-0.05, 0) is 28.7 Å². The molecule has 19 heavy (non-hydrogen) atoms. The molecule has 1 atom stereocenters. The maximum Gasteiger partial charge on any atom is 0.303 e. The molecule has 1 heterocycles. The molecule has 1 unspecified atom stereocenters. The molecule has 106 valence electrons. The van der Waals surface area contributed by atoms with E-state index in [2.05, 4.69) is 20.8 Å². The Morgan fingerprint density at radius 2 is 2.16 bits per heavy atom. The molecule has 0 spiro atoms. The van der Waals surface area contributed by atoms with Crippen LogP contribution in [0.25, 0.3) is 0 Å². The molecule has 1 rings (SSSR count). The van der Waals surface area contributed by atoms with E-state index in [1.165, 1.54) is 11.0 Å². The summed E-state index contributed by atoms with van der Waals surface area (Å²) in [7, 11) is 0. The molecule has 0 radical (unpaired) electrons. The SMILES string of the molecule is CC(C)CC(CNC(=O)Cn1cnnn1)CC(=O)O. The predicted octanol–water partition coefficient (Wildman–Crippen LogP) is -0.0737. The molecule has 8 nitrogen and oxygen atoms in total. The van der Waals surface area contributed by atoms with Gasteiger partial charge in [0.2, 0.25) is 5.91 Å². The maximum atomic E-state index is 11.6. The summed E-state index contributed by atoms with van der Waals surface area (Å²) >= 11 is 0. The van der Waals surface area contributed by atoms with E-state index in [1.54, 1.807) is 0 Å². The number of carboxylic acids is 1. The third-order valence-electron chi connectivity index (χ3n) is 2.55. The van der Waals surface area contributed by atoms with Crippen LogP contribution >= 0.6 is 0 Å². The lowest BCUT2D eigenvalue weighted by Crippen LogP contribution is -2.33. The van der Waals surface area contributed by atoms with Gasteiger partial charge in [-0.3, -0.25) is 9.59 Å². The van der Waals surface area contributed by atoms with Gasteiger partial charge in [-0.15, -0.1) is 5.10 Å². The summed E-state index contributed by atoms with van der Waals surface area (Å²) < 4.78 is 1.31. The van der Waals surface area contributed by atoms with Crippen LogP contribution in [0.3, 0.4) is 0 Å². The Hall–Kier alpha value is -1.99. The Balaban J connectivity index is 2.37. The van der Waals surface area contributed by atoms with Crippen molar-refractivity contribution < 1.29 is 14.7 Å². The van der Waals surface area contributed by atoms with Crippen LogP contribution in [0.15, 0.2) is 6.33 Å². The minimum atomic E-state index is -0.847. The first-order chi connectivity index (χ1) is 8.97. The van der Waals surface area contributed by atoms with Crippen LogP contribution < -0.4 is 5.32 Å². The fourth-order valence-corrected chi connectivity index (χ4v) is 1.87. The molecular formula is C11H19N5O3. The van der Waals surface area contributed by atoms with Crippen molar-refractivity contribution in [3.05, 3.63) is 6.33 Å². The largest absolute Gasteiger partial charge is 0.481 e. The number of carbonyl (C=O) groups is 2. The highest BCUT2D eigenvalue weighted by atomic mass is 16.4. The molecule has 0 fully saturated rings. The predicted molar refractivity (Wildman–Crippen MR) is 66.0 cm³/mol. The normalized spacial score (nSPS) is 12.4. The number of hydrogen-bond acceptors (Lipinski definition) is 5. The van der Waals surface area contributed by atoms with Crippen molar-refractivity contribution in [3.63, 3.8) is 0 Å². The highest BCUT2D eigenvalue weighted by Crippen LogP contribution is 2.14. The van der Waals surface area contributed by atoms with Crippen molar-refractivity contribution in [2.24, 2.45) is 11.8 Å². The van der Waals surface area contributed by atoms with E-state index in [0.717, 1.165) is 6.42 Å². The first-order valence-corrected chi connectivity index (χ1v) is 6.16. The molecule has 0 saturated heterocycles. The van der Waals surface area contributed by atoms with Gasteiger partial charge in [0.25, 0.3) is 0 Å². The van der Waals surface area contributed by atoms with Crippen molar-refractivity contribution in [2.75, 3.05) is 6.54 Å². The number of aromatic nitrogens is 4. The van der Waals surface area contributed by atoms with E-state index in [-0.39, 0.29) is 24.8 Å². The van der Waals surface area contributed by atoms with Crippen LogP contribution in [0, 0.1) is 11.8 Å². The first kappa shape index (κ1) is 15.1. The first-order valence-electron chi connectivity index (χ1n) is 6.16. The van der Waals surface area contributed by atoms with Crippen LogP contribution in [0.5, 0.6) is 0 Å². The molecule has 0 aliphatic heterocycles. The Morgan fingerprint density at radius 3 is 2.68 bits per heavy atom. The van der Waals surface area contributed by atoms with Gasteiger partial charge in [0.1, 0.15) is 12.9 Å². The van der Waals surface area contributed by atoms with E-state index in [9.17, 15) is 9.59 Å². The lowest BCUT2D eigenvalue weighted by Gasteiger charge is -2.17. The molecule has 1 aromatic heterocycles. The topological polar surface area (TPSA) is 110 Å². The average molecular weight is 269 g/mol. The third-order valence-corrected chi connectivity index (χ3v) is 2.55. The number of amides is 1. The van der Waals surface area contributed by atoms with Gasteiger partial charge in [0.05, 0.1) is 0 Å². The molecule has 0 bridgehead atoms. The second-order valence-corrected chi connectivity index (χ2v) is 4.90. The minimum absolute atomic E-state index is 0.0362. The Morgan fingerprint density at radius 1 is 1.42 bits per heavy atom. The van der Waals surface area contributed by atoms with Gasteiger partial charge in [-0.2, -0.15) is 0 Å². The Kier molecular flexibility index (Phi) is 5.91. The standard InChI is InChI=1S/C11H19N5O3/c1-8(2)3-9(4-11(18)19)5-12-10(17)6-16-7-13-14-15-16/h7-9H,3-6H2,1-2H3,(H,12,17)(H,18,19). The van der Waals surface area contributed by atoms with E-state index in [1.807, 2.05) is 13.8 Å². The Labute approximate surface area is 111 Å². The molecule has 1 aromatic rings. The molecule has 8 heteroatoms. The molecule has 0 aliphatic carbocycles. The molecule has 0 aliphatic rings. The lowest BCUT2D eigenvalue weighted by molar-refractivity contribution is -0.138. The van der Waals surface area contributed by atoms with Gasteiger partial charge in [-0.1, -0.05) is 13.8 Å². The number of aliphatic carboxylic acids is 1. The zero-order valence-corrected chi connectivity index (χ0v) is 11.1. The maximum absolute atomic E-state index is 11.6. The number of rotatable bonds is 8. The van der Waals surface area contributed by atoms with E-state index in [0.29, 0.717) is 12.5 Å². The van der Waals surface area contributed by atoms with Gasteiger partial charge >= 0.3 is 5.97 Å². The number of nitrogens with zero attached hydrogens (tertiary/aromatic N) is 4. The van der Waals surface area contributed by atoms with Crippen molar-refractivity contribution >= 4 is 11.9 Å². The fraction of sp³-hybridized carbons (Fsp3) is 0.727. The summed E-state index contributed by atoms with van der Waals surface area (Å²) in [4.78, 5) is 22.4. The van der Waals surface area contributed by atoms with E-state index >= 15 is 0 Å². The zero-order valence-electron chi connectivity index (χ0n) is 11.1. The van der Waals surface area contributed by atoms with E-state index in [4.69, 9.17) is 5.11 Å². The highest BCUT2D eigenvalue weighted by Gasteiger charge is 2.16. The molecule has 0 saturated carbocycles. The van der Waals surface area contributed by atoms with Crippen LogP contribution in [-0.2, 0) is 16.1 Å². The highest BCUT2D eigenvalue weighted by molar-refractivity contribution is 5.75. The summed E-state index contributed by atoms with van der Waals surface area (Å²) in [6, 6.07) is 0. The second-order valence-electron chi connectivity index (χ2n) is 4.90. The van der Waals surface area contributed by atoms with Crippen molar-refractivity contribution in [1.29, 1.82) is 0 Å². The van der Waals surface area contributed by atoms with Crippen molar-refractivity contribution in [3.8, 4) is 0 Å². The third kappa shape index (κ3) is 6.49. The van der Waals surface area contributed by atoms with Crippen molar-refractivity contribution in [2.45, 2.75) is 33.2 Å². The van der Waals surface area contributed by atoms with Crippen LogP contribution in [0.4, 0.5) is 0 Å². The van der Waals surface area contributed by atoms with Crippen molar-refractivity contribution in [1.82, 2.24) is 25.5 Å². The fourth-order valence-electron chi connectivity index (χ4n) is 1.87. The Bertz CT molecular complexity index is 404. The molecule has 2 N–H and O–H groups in total. The summed E-state index contributed by atoms with van der Waals surface area (Å²) in [6.45, 7) is 4.44. The number of carbonyl (C=O) groups excluding carboxylic acids is 1. The van der Waals surface area contributed by atoms with Crippen LogP contribution in [0.2, 0.25) is 0 Å².